The summed E-state index contributed by atoms with van der Waals surface area (Å²) in [5, 5.41) is 2.84. The van der Waals surface area contributed by atoms with E-state index in [-0.39, 0.29) is 16.6 Å². The highest BCUT2D eigenvalue weighted by Gasteiger charge is 2.25. The molecule has 1 heterocycles. The quantitative estimate of drug-likeness (QED) is 0.434. The lowest BCUT2D eigenvalue weighted by Crippen LogP contribution is -2.17. The lowest BCUT2D eigenvalue weighted by atomic mass is 10.1. The SMILES string of the molecule is Cc1cccc(C)c1CS(=O)(=O)c1ccc2c(c1)S/C(=C/c1ccc(N)cc1)C(=O)N2. The van der Waals surface area contributed by atoms with E-state index in [0.717, 1.165) is 22.3 Å². The highest BCUT2D eigenvalue weighted by Crippen LogP contribution is 2.40. The maximum atomic E-state index is 13.1. The Morgan fingerprint density at radius 2 is 1.68 bits per heavy atom. The first-order chi connectivity index (χ1) is 14.7. The van der Waals surface area contributed by atoms with Gasteiger partial charge >= 0.3 is 0 Å². The zero-order valence-corrected chi connectivity index (χ0v) is 18.8. The van der Waals surface area contributed by atoms with Crippen molar-refractivity contribution in [3.63, 3.8) is 0 Å². The first-order valence-corrected chi connectivity index (χ1v) is 12.2. The van der Waals surface area contributed by atoms with Crippen LogP contribution in [0.5, 0.6) is 0 Å². The van der Waals surface area contributed by atoms with Crippen molar-refractivity contribution in [2.75, 3.05) is 11.1 Å². The van der Waals surface area contributed by atoms with Crippen LogP contribution in [0, 0.1) is 13.8 Å². The number of rotatable bonds is 4. The van der Waals surface area contributed by atoms with E-state index in [2.05, 4.69) is 5.32 Å². The molecule has 0 atom stereocenters. The van der Waals surface area contributed by atoms with E-state index in [1.54, 1.807) is 36.4 Å². The molecule has 158 valence electrons. The Hall–Kier alpha value is -3.03. The minimum atomic E-state index is -3.55. The summed E-state index contributed by atoms with van der Waals surface area (Å²) >= 11 is 1.26. The Morgan fingerprint density at radius 3 is 2.35 bits per heavy atom. The number of hydrogen-bond acceptors (Lipinski definition) is 5. The molecule has 1 aliphatic rings. The third kappa shape index (κ3) is 4.52. The third-order valence-electron chi connectivity index (χ3n) is 5.22. The molecule has 4 rings (SSSR count). The molecule has 3 aromatic carbocycles. The average Bonchev–Trinajstić information content (AvgIpc) is 2.73. The van der Waals surface area contributed by atoms with Gasteiger partial charge in [0.1, 0.15) is 0 Å². The average molecular weight is 451 g/mol. The van der Waals surface area contributed by atoms with Gasteiger partial charge in [0.25, 0.3) is 5.91 Å². The molecule has 1 aliphatic heterocycles. The zero-order chi connectivity index (χ0) is 22.2. The smallest absolute Gasteiger partial charge is 0.262 e. The second kappa shape index (κ2) is 8.24. The number of aryl methyl sites for hydroxylation is 2. The van der Waals surface area contributed by atoms with E-state index in [4.69, 9.17) is 5.73 Å². The highest BCUT2D eigenvalue weighted by atomic mass is 32.2. The van der Waals surface area contributed by atoms with Crippen LogP contribution in [0.25, 0.3) is 6.08 Å². The highest BCUT2D eigenvalue weighted by molar-refractivity contribution is 8.04. The van der Waals surface area contributed by atoms with Crippen molar-refractivity contribution in [3.8, 4) is 0 Å². The predicted molar refractivity (Wildman–Crippen MR) is 127 cm³/mol. The fraction of sp³-hybridized carbons (Fsp3) is 0.125. The molecule has 0 aromatic heterocycles. The van der Waals surface area contributed by atoms with Crippen molar-refractivity contribution in [2.45, 2.75) is 29.4 Å². The van der Waals surface area contributed by atoms with Crippen LogP contribution < -0.4 is 11.1 Å². The van der Waals surface area contributed by atoms with E-state index >= 15 is 0 Å². The van der Waals surface area contributed by atoms with Gasteiger partial charge in [-0.25, -0.2) is 8.42 Å². The first-order valence-electron chi connectivity index (χ1n) is 9.71. The van der Waals surface area contributed by atoms with Crippen molar-refractivity contribution >= 4 is 45.0 Å². The van der Waals surface area contributed by atoms with E-state index in [1.807, 2.05) is 44.2 Å². The number of nitrogens with one attached hydrogen (secondary N) is 1. The molecule has 0 bridgehead atoms. The van der Waals surface area contributed by atoms with E-state index < -0.39 is 9.84 Å². The lowest BCUT2D eigenvalue weighted by Gasteiger charge is -2.20. The number of nitrogen functional groups attached to an aromatic ring is 1. The monoisotopic (exact) mass is 450 g/mol. The molecule has 31 heavy (non-hydrogen) atoms. The van der Waals surface area contributed by atoms with Gasteiger partial charge in [0.15, 0.2) is 9.84 Å². The van der Waals surface area contributed by atoms with Crippen molar-refractivity contribution in [1.82, 2.24) is 0 Å². The summed E-state index contributed by atoms with van der Waals surface area (Å²) in [6.07, 6.45) is 1.76. The van der Waals surface area contributed by atoms with Gasteiger partial charge in [-0.1, -0.05) is 42.1 Å². The number of nitrogens with two attached hydrogens (primary N) is 1. The molecule has 0 aliphatic carbocycles. The van der Waals surface area contributed by atoms with E-state index in [1.165, 1.54) is 11.8 Å². The van der Waals surface area contributed by atoms with Crippen molar-refractivity contribution in [1.29, 1.82) is 0 Å². The maximum Gasteiger partial charge on any atom is 0.262 e. The van der Waals surface area contributed by atoms with Crippen molar-refractivity contribution < 1.29 is 13.2 Å². The topological polar surface area (TPSA) is 89.3 Å². The minimum absolute atomic E-state index is 0.0601. The van der Waals surface area contributed by atoms with E-state index in [0.29, 0.717) is 21.2 Å². The second-order valence-electron chi connectivity index (χ2n) is 7.52. The molecular weight excluding hydrogens is 428 g/mol. The minimum Gasteiger partial charge on any atom is -0.399 e. The summed E-state index contributed by atoms with van der Waals surface area (Å²) in [5.41, 5.74) is 10.5. The fourth-order valence-corrected chi connectivity index (χ4v) is 6.06. The number of carbonyl (C=O) groups excluding carboxylic acids is 1. The number of sulfone groups is 1. The Morgan fingerprint density at radius 1 is 1.00 bits per heavy atom. The van der Waals surface area contributed by atoms with Gasteiger partial charge in [-0.15, -0.1) is 0 Å². The Balaban J connectivity index is 1.65. The second-order valence-corrected chi connectivity index (χ2v) is 10.6. The summed E-state index contributed by atoms with van der Waals surface area (Å²) in [4.78, 5) is 13.9. The van der Waals surface area contributed by atoms with Crippen LogP contribution in [0.1, 0.15) is 22.3 Å². The van der Waals surface area contributed by atoms with E-state index in [9.17, 15) is 13.2 Å². The van der Waals surface area contributed by atoms with Crippen LogP contribution in [-0.4, -0.2) is 14.3 Å². The van der Waals surface area contributed by atoms with Gasteiger partial charge in [0.2, 0.25) is 0 Å². The molecule has 1 amide bonds. The molecule has 0 saturated carbocycles. The number of thioether (sulfide) groups is 1. The molecule has 0 unspecified atom stereocenters. The number of anilines is 2. The molecule has 3 aromatic rings. The molecule has 3 N–H and O–H groups in total. The number of carbonyl (C=O) groups is 1. The molecule has 0 spiro atoms. The zero-order valence-electron chi connectivity index (χ0n) is 17.2. The number of benzene rings is 3. The summed E-state index contributed by atoms with van der Waals surface area (Å²) in [6.45, 7) is 3.84. The maximum absolute atomic E-state index is 13.1. The first kappa shape index (κ1) is 21.2. The Labute approximate surface area is 186 Å². The van der Waals surface area contributed by atoms with Gasteiger partial charge in [0, 0.05) is 10.6 Å². The Bertz CT molecular complexity index is 1290. The summed E-state index contributed by atoms with van der Waals surface area (Å²) < 4.78 is 26.3. The summed E-state index contributed by atoms with van der Waals surface area (Å²) in [5.74, 6) is -0.282. The molecule has 0 saturated heterocycles. The third-order valence-corrected chi connectivity index (χ3v) is 7.94. The van der Waals surface area contributed by atoms with Gasteiger partial charge in [-0.3, -0.25) is 4.79 Å². The fourth-order valence-electron chi connectivity index (χ4n) is 3.42. The van der Waals surface area contributed by atoms with Gasteiger partial charge in [-0.05, 0) is 72.5 Å². The van der Waals surface area contributed by atoms with Crippen molar-refractivity contribution in [2.24, 2.45) is 0 Å². The van der Waals surface area contributed by atoms with Gasteiger partial charge in [-0.2, -0.15) is 0 Å². The van der Waals surface area contributed by atoms with Crippen LogP contribution in [0.3, 0.4) is 0 Å². The molecular formula is C24H22N2O3S2. The van der Waals surface area contributed by atoms with Crippen molar-refractivity contribution in [3.05, 3.63) is 87.8 Å². The van der Waals surface area contributed by atoms with Crippen LogP contribution in [-0.2, 0) is 20.4 Å². The van der Waals surface area contributed by atoms with Gasteiger partial charge < -0.3 is 11.1 Å². The normalized spacial score (nSPS) is 14.9. The number of amides is 1. The lowest BCUT2D eigenvalue weighted by molar-refractivity contribution is -0.112. The largest absolute Gasteiger partial charge is 0.399 e. The number of hydrogen-bond donors (Lipinski definition) is 2. The Kier molecular flexibility index (Phi) is 5.64. The van der Waals surface area contributed by atoms with Crippen LogP contribution in [0.4, 0.5) is 11.4 Å². The standard InChI is InChI=1S/C24H22N2O3S2/c1-15-4-3-5-16(2)20(15)14-31(28,29)19-10-11-21-22(13-19)30-23(24(27)26-21)12-17-6-8-18(25)9-7-17/h3-13H,14,25H2,1-2H3,(H,26,27)/b23-12+. The number of fused-ring (bicyclic) bond motifs is 1. The van der Waals surface area contributed by atoms with Gasteiger partial charge in [0.05, 0.1) is 21.2 Å². The molecule has 0 radical (unpaired) electrons. The molecule has 5 nitrogen and oxygen atoms in total. The van der Waals surface area contributed by atoms with Crippen LogP contribution in [0.15, 0.2) is 75.4 Å². The van der Waals surface area contributed by atoms with Crippen LogP contribution >= 0.6 is 11.8 Å². The van der Waals surface area contributed by atoms with Crippen LogP contribution in [0.2, 0.25) is 0 Å². The summed E-state index contributed by atoms with van der Waals surface area (Å²) in [6, 6.07) is 17.8. The summed E-state index contributed by atoms with van der Waals surface area (Å²) in [7, 11) is -3.55. The predicted octanol–water partition coefficient (Wildman–Crippen LogP) is 4.94. The molecule has 0 fully saturated rings. The molecule has 7 heteroatoms.